The Morgan fingerprint density at radius 1 is 1.44 bits per heavy atom. The second kappa shape index (κ2) is 4.62. The fourth-order valence-electron chi connectivity index (χ4n) is 1.29. The number of nitro groups is 1. The van der Waals surface area contributed by atoms with Gasteiger partial charge in [0.25, 0.3) is 5.69 Å². The number of ether oxygens (including phenoxy) is 1. The molecule has 8 nitrogen and oxygen atoms in total. The Bertz CT molecular complexity index is 590. The third-order valence-electron chi connectivity index (χ3n) is 2.18. The van der Waals surface area contributed by atoms with Gasteiger partial charge in [0.15, 0.2) is 5.82 Å². The molecule has 2 rings (SSSR count). The van der Waals surface area contributed by atoms with Crippen molar-refractivity contribution in [3.63, 3.8) is 0 Å². The van der Waals surface area contributed by atoms with Gasteiger partial charge in [0.1, 0.15) is 6.20 Å². The lowest BCUT2D eigenvalue weighted by Gasteiger charge is -1.98. The van der Waals surface area contributed by atoms with Gasteiger partial charge in [-0.25, -0.2) is 14.5 Å². The average molecular weight is 248 g/mol. The second-order valence-electron chi connectivity index (χ2n) is 3.30. The highest BCUT2D eigenvalue weighted by Gasteiger charge is 2.11. The van der Waals surface area contributed by atoms with Crippen LogP contribution in [0.3, 0.4) is 0 Å². The van der Waals surface area contributed by atoms with E-state index in [4.69, 9.17) is 0 Å². The van der Waals surface area contributed by atoms with Gasteiger partial charge in [-0.05, 0) is 6.07 Å². The van der Waals surface area contributed by atoms with Crippen LogP contribution in [-0.4, -0.2) is 32.8 Å². The predicted octanol–water partition coefficient (Wildman–Crippen LogP) is 0.962. The summed E-state index contributed by atoms with van der Waals surface area (Å²) in [6, 6.07) is 2.74. The van der Waals surface area contributed by atoms with Gasteiger partial charge in [0.05, 0.1) is 23.8 Å². The number of rotatable bonds is 3. The minimum Gasteiger partial charge on any atom is -0.465 e. The number of pyridine rings is 1. The summed E-state index contributed by atoms with van der Waals surface area (Å²) in [6.07, 6.45) is 3.88. The van der Waals surface area contributed by atoms with Crippen LogP contribution in [0, 0.1) is 10.1 Å². The van der Waals surface area contributed by atoms with Crippen LogP contribution in [0.5, 0.6) is 0 Å². The highest BCUT2D eigenvalue weighted by Crippen LogP contribution is 2.12. The highest BCUT2D eigenvalue weighted by atomic mass is 16.6. The van der Waals surface area contributed by atoms with E-state index in [9.17, 15) is 14.9 Å². The molecule has 92 valence electrons. The van der Waals surface area contributed by atoms with Crippen molar-refractivity contribution in [2.24, 2.45) is 0 Å². The monoisotopic (exact) mass is 248 g/mol. The van der Waals surface area contributed by atoms with Crippen molar-refractivity contribution in [2.75, 3.05) is 7.11 Å². The van der Waals surface area contributed by atoms with Crippen molar-refractivity contribution in [3.8, 4) is 5.82 Å². The van der Waals surface area contributed by atoms with Crippen LogP contribution < -0.4 is 0 Å². The zero-order valence-corrected chi connectivity index (χ0v) is 9.31. The van der Waals surface area contributed by atoms with Gasteiger partial charge in [-0.3, -0.25) is 10.1 Å². The van der Waals surface area contributed by atoms with Crippen LogP contribution in [0.15, 0.2) is 30.7 Å². The molecule has 0 radical (unpaired) electrons. The Hall–Kier alpha value is -2.77. The molecule has 0 unspecified atom stereocenters. The molecule has 2 aromatic rings. The molecule has 18 heavy (non-hydrogen) atoms. The zero-order chi connectivity index (χ0) is 13.1. The molecule has 0 amide bonds. The zero-order valence-electron chi connectivity index (χ0n) is 9.31. The van der Waals surface area contributed by atoms with Crippen molar-refractivity contribution in [2.45, 2.75) is 0 Å². The molecule has 0 aromatic carbocycles. The first kappa shape index (κ1) is 11.7. The number of nitrogens with zero attached hydrogens (tertiary/aromatic N) is 4. The van der Waals surface area contributed by atoms with Crippen molar-refractivity contribution in [1.82, 2.24) is 14.8 Å². The van der Waals surface area contributed by atoms with Gasteiger partial charge >= 0.3 is 5.97 Å². The molecule has 0 aliphatic heterocycles. The minimum absolute atomic E-state index is 0.112. The highest BCUT2D eigenvalue weighted by molar-refractivity contribution is 5.88. The lowest BCUT2D eigenvalue weighted by Crippen LogP contribution is -2.00. The van der Waals surface area contributed by atoms with E-state index in [2.05, 4.69) is 14.8 Å². The van der Waals surface area contributed by atoms with Crippen molar-refractivity contribution >= 4 is 11.7 Å². The molecule has 0 saturated heterocycles. The summed E-state index contributed by atoms with van der Waals surface area (Å²) in [4.78, 5) is 25.0. The van der Waals surface area contributed by atoms with Gasteiger partial charge in [-0.2, -0.15) is 5.10 Å². The molecule has 0 aliphatic carbocycles. The Balaban J connectivity index is 2.29. The molecular formula is C10H8N4O4. The maximum Gasteiger partial charge on any atom is 0.341 e. The molecule has 0 bridgehead atoms. The second-order valence-corrected chi connectivity index (χ2v) is 3.30. The molecule has 0 aliphatic rings. The lowest BCUT2D eigenvalue weighted by molar-refractivity contribution is -0.385. The van der Waals surface area contributed by atoms with E-state index in [1.54, 1.807) is 0 Å². The van der Waals surface area contributed by atoms with Crippen LogP contribution in [0.25, 0.3) is 5.82 Å². The lowest BCUT2D eigenvalue weighted by atomic mass is 10.4. The number of esters is 1. The Morgan fingerprint density at radius 3 is 2.78 bits per heavy atom. The first-order valence-electron chi connectivity index (χ1n) is 4.85. The molecule has 0 spiro atoms. The van der Waals surface area contributed by atoms with Crippen LogP contribution in [0.1, 0.15) is 10.4 Å². The third-order valence-corrected chi connectivity index (χ3v) is 2.18. The number of carbonyl (C=O) groups excluding carboxylic acids is 1. The quantitative estimate of drug-likeness (QED) is 0.455. The molecular weight excluding hydrogens is 240 g/mol. The van der Waals surface area contributed by atoms with Gasteiger partial charge in [-0.15, -0.1) is 0 Å². The van der Waals surface area contributed by atoms with Gasteiger partial charge < -0.3 is 4.74 Å². The van der Waals surface area contributed by atoms with E-state index in [1.165, 1.54) is 36.3 Å². The molecule has 0 N–H and O–H groups in total. The Kier molecular flexibility index (Phi) is 3.00. The van der Waals surface area contributed by atoms with E-state index in [0.29, 0.717) is 5.82 Å². The number of hydrogen-bond acceptors (Lipinski definition) is 6. The van der Waals surface area contributed by atoms with Gasteiger partial charge in [0, 0.05) is 12.3 Å². The van der Waals surface area contributed by atoms with E-state index in [0.717, 1.165) is 6.20 Å². The molecule has 2 aromatic heterocycles. The fourth-order valence-corrected chi connectivity index (χ4v) is 1.29. The van der Waals surface area contributed by atoms with E-state index < -0.39 is 10.9 Å². The number of carbonyl (C=O) groups is 1. The number of hydrogen-bond donors (Lipinski definition) is 0. The normalized spacial score (nSPS) is 10.1. The van der Waals surface area contributed by atoms with Crippen molar-refractivity contribution in [3.05, 3.63) is 46.4 Å². The summed E-state index contributed by atoms with van der Waals surface area (Å²) < 4.78 is 5.86. The smallest absolute Gasteiger partial charge is 0.341 e. The average Bonchev–Trinajstić information content (AvgIpc) is 2.87. The maximum absolute atomic E-state index is 11.2. The predicted molar refractivity (Wildman–Crippen MR) is 59.4 cm³/mol. The van der Waals surface area contributed by atoms with Crippen LogP contribution in [0.2, 0.25) is 0 Å². The van der Waals surface area contributed by atoms with Gasteiger partial charge in [0.2, 0.25) is 0 Å². The van der Waals surface area contributed by atoms with E-state index in [-0.39, 0.29) is 11.3 Å². The summed E-state index contributed by atoms with van der Waals surface area (Å²) in [7, 11) is 1.27. The summed E-state index contributed by atoms with van der Waals surface area (Å²) in [5.41, 5.74) is 0.164. The van der Waals surface area contributed by atoms with Crippen molar-refractivity contribution < 1.29 is 14.5 Å². The van der Waals surface area contributed by atoms with Gasteiger partial charge in [-0.1, -0.05) is 0 Å². The van der Waals surface area contributed by atoms with Crippen molar-refractivity contribution in [1.29, 1.82) is 0 Å². The van der Waals surface area contributed by atoms with E-state index >= 15 is 0 Å². The molecule has 0 saturated carbocycles. The summed E-state index contributed by atoms with van der Waals surface area (Å²) in [5, 5.41) is 14.4. The Morgan fingerprint density at radius 2 is 2.22 bits per heavy atom. The first-order chi connectivity index (χ1) is 8.61. The van der Waals surface area contributed by atoms with E-state index in [1.807, 2.05) is 0 Å². The third kappa shape index (κ3) is 2.17. The molecule has 2 heterocycles. The summed E-state index contributed by atoms with van der Waals surface area (Å²) in [6.45, 7) is 0. The largest absolute Gasteiger partial charge is 0.465 e. The SMILES string of the molecule is COC(=O)c1cnn(-c2ccc([N+](=O)[O-])cn2)c1. The molecule has 0 atom stereocenters. The van der Waals surface area contributed by atoms with Crippen LogP contribution >= 0.6 is 0 Å². The summed E-state index contributed by atoms with van der Waals surface area (Å²) in [5.74, 6) is -0.140. The molecule has 0 fully saturated rings. The number of aromatic nitrogens is 3. The maximum atomic E-state index is 11.2. The first-order valence-corrected chi connectivity index (χ1v) is 4.85. The molecule has 8 heteroatoms. The Labute approximate surface area is 101 Å². The topological polar surface area (TPSA) is 100 Å². The van der Waals surface area contributed by atoms with Crippen LogP contribution in [-0.2, 0) is 4.74 Å². The standard InChI is InChI=1S/C10H8N4O4/c1-18-10(15)7-4-12-13(6-7)9-3-2-8(5-11-9)14(16)17/h2-6H,1H3. The fraction of sp³-hybridized carbons (Fsp3) is 0.100. The van der Waals surface area contributed by atoms with Crippen LogP contribution in [0.4, 0.5) is 5.69 Å². The number of methoxy groups -OCH3 is 1. The summed E-state index contributed by atoms with van der Waals surface area (Å²) >= 11 is 0. The minimum atomic E-state index is -0.542.